The van der Waals surface area contributed by atoms with E-state index in [2.05, 4.69) is 53.7 Å². The second-order valence-electron chi connectivity index (χ2n) is 5.23. The van der Waals surface area contributed by atoms with Crippen molar-refractivity contribution in [2.75, 3.05) is 0 Å². The first-order valence-corrected chi connectivity index (χ1v) is 4.41. The smallest absolute Gasteiger partial charge is 0.0170 e. The summed E-state index contributed by atoms with van der Waals surface area (Å²) in [6.07, 6.45) is 5.67. The topological polar surface area (TPSA) is 0 Å². The fraction of sp³-hybridized carbons (Fsp3) is 0.818. The Bertz CT molecular complexity index is 133. The average Bonchev–Trinajstić information content (AvgIpc) is 1.55. The molecule has 0 N–H and O–H groups in total. The highest BCUT2D eigenvalue weighted by Gasteiger charge is 2.22. The summed E-state index contributed by atoms with van der Waals surface area (Å²) in [7, 11) is 0. The van der Waals surface area contributed by atoms with Gasteiger partial charge in [-0.2, -0.15) is 0 Å². The summed E-state index contributed by atoms with van der Waals surface area (Å²) in [5, 5.41) is 0. The van der Waals surface area contributed by atoms with Crippen LogP contribution in [0.5, 0.6) is 0 Å². The summed E-state index contributed by atoms with van der Waals surface area (Å²) in [4.78, 5) is 0. The molecule has 0 nitrogen and oxygen atoms in total. The minimum atomic E-state index is 0.354. The van der Waals surface area contributed by atoms with Crippen LogP contribution in [0.1, 0.15) is 48.0 Å². The molecule has 0 aromatic heterocycles. The van der Waals surface area contributed by atoms with Gasteiger partial charge in [0.05, 0.1) is 0 Å². The van der Waals surface area contributed by atoms with Gasteiger partial charge in [0.2, 0.25) is 0 Å². The van der Waals surface area contributed by atoms with Crippen molar-refractivity contribution in [3.05, 3.63) is 12.2 Å². The zero-order chi connectivity index (χ0) is 9.12. The Morgan fingerprint density at radius 2 is 1.45 bits per heavy atom. The van der Waals surface area contributed by atoms with Crippen LogP contribution in [0.4, 0.5) is 0 Å². The normalized spacial score (nSPS) is 14.4. The molecule has 11 heavy (non-hydrogen) atoms. The highest BCUT2D eigenvalue weighted by atomic mass is 14.3. The first-order chi connectivity index (χ1) is 4.77. The first kappa shape index (κ1) is 10.7. The van der Waals surface area contributed by atoms with E-state index in [0.29, 0.717) is 10.8 Å². The number of allylic oxidation sites excluding steroid dienone is 2. The Morgan fingerprint density at radius 1 is 1.00 bits per heavy atom. The lowest BCUT2D eigenvalue weighted by Gasteiger charge is -2.29. The maximum Gasteiger partial charge on any atom is -0.0170 e. The zero-order valence-corrected chi connectivity index (χ0v) is 8.86. The van der Waals surface area contributed by atoms with Gasteiger partial charge in [-0.25, -0.2) is 0 Å². The molecule has 0 fully saturated rings. The van der Waals surface area contributed by atoms with Gasteiger partial charge in [-0.15, -0.1) is 0 Å². The molecular formula is C11H22. The van der Waals surface area contributed by atoms with Gasteiger partial charge >= 0.3 is 0 Å². The van der Waals surface area contributed by atoms with E-state index in [1.54, 1.807) is 0 Å². The highest BCUT2D eigenvalue weighted by Crippen LogP contribution is 2.33. The molecule has 0 bridgehead atoms. The van der Waals surface area contributed by atoms with E-state index in [1.807, 2.05) is 0 Å². The van der Waals surface area contributed by atoms with Gasteiger partial charge < -0.3 is 0 Å². The Labute approximate surface area is 71.7 Å². The number of hydrogen-bond donors (Lipinski definition) is 0. The van der Waals surface area contributed by atoms with Crippen molar-refractivity contribution in [1.82, 2.24) is 0 Å². The highest BCUT2D eigenvalue weighted by molar-refractivity contribution is 4.94. The minimum Gasteiger partial charge on any atom is -0.0911 e. The van der Waals surface area contributed by atoms with Crippen molar-refractivity contribution in [3.63, 3.8) is 0 Å². The molecule has 66 valence electrons. The van der Waals surface area contributed by atoms with Crippen LogP contribution in [0.25, 0.3) is 0 Å². The monoisotopic (exact) mass is 154 g/mol. The van der Waals surface area contributed by atoms with Crippen LogP contribution in [-0.2, 0) is 0 Å². The second-order valence-corrected chi connectivity index (χ2v) is 5.23. The third-order valence-electron chi connectivity index (χ3n) is 1.60. The van der Waals surface area contributed by atoms with Crippen molar-refractivity contribution in [2.24, 2.45) is 10.8 Å². The molecule has 0 rings (SSSR count). The summed E-state index contributed by atoms with van der Waals surface area (Å²) in [5.41, 5.74) is 0.788. The van der Waals surface area contributed by atoms with Crippen LogP contribution in [-0.4, -0.2) is 0 Å². The number of hydrogen-bond acceptors (Lipinski definition) is 0. The lowest BCUT2D eigenvalue weighted by atomic mass is 9.76. The van der Waals surface area contributed by atoms with Crippen molar-refractivity contribution in [1.29, 1.82) is 0 Å². The summed E-state index contributed by atoms with van der Waals surface area (Å²) in [6.45, 7) is 13.5. The summed E-state index contributed by atoms with van der Waals surface area (Å²) in [6, 6.07) is 0. The predicted molar refractivity (Wildman–Crippen MR) is 52.7 cm³/mol. The minimum absolute atomic E-state index is 0.354. The van der Waals surface area contributed by atoms with Gasteiger partial charge in [-0.1, -0.05) is 46.8 Å². The van der Waals surface area contributed by atoms with Gasteiger partial charge in [0.1, 0.15) is 0 Å². The van der Waals surface area contributed by atoms with Crippen molar-refractivity contribution in [2.45, 2.75) is 48.0 Å². The fourth-order valence-corrected chi connectivity index (χ4v) is 1.88. The molecule has 0 saturated carbocycles. The molecule has 0 aromatic rings. The molecule has 0 saturated heterocycles. The maximum absolute atomic E-state index is 2.29. The SMILES string of the molecule is CC=CC(C)(C)CC(C)(C)C. The molecule has 0 radical (unpaired) electrons. The third kappa shape index (κ3) is 6.15. The van der Waals surface area contributed by atoms with Gasteiger partial charge in [-0.3, -0.25) is 0 Å². The van der Waals surface area contributed by atoms with Crippen LogP contribution in [0.2, 0.25) is 0 Å². The van der Waals surface area contributed by atoms with Crippen LogP contribution >= 0.6 is 0 Å². The maximum atomic E-state index is 2.29. The van der Waals surface area contributed by atoms with Crippen LogP contribution < -0.4 is 0 Å². The molecular weight excluding hydrogens is 132 g/mol. The van der Waals surface area contributed by atoms with Gasteiger partial charge in [-0.05, 0) is 24.2 Å². The quantitative estimate of drug-likeness (QED) is 0.527. The van der Waals surface area contributed by atoms with E-state index in [1.165, 1.54) is 6.42 Å². The lowest BCUT2D eigenvalue weighted by Crippen LogP contribution is -2.18. The first-order valence-electron chi connectivity index (χ1n) is 4.41. The van der Waals surface area contributed by atoms with Crippen molar-refractivity contribution in [3.8, 4) is 0 Å². The fourth-order valence-electron chi connectivity index (χ4n) is 1.88. The van der Waals surface area contributed by atoms with Crippen molar-refractivity contribution >= 4 is 0 Å². The number of rotatable bonds is 2. The molecule has 0 unspecified atom stereocenters. The molecule has 0 aliphatic rings. The molecule has 0 atom stereocenters. The summed E-state index contributed by atoms with van der Waals surface area (Å²) < 4.78 is 0. The van der Waals surface area contributed by atoms with Gasteiger partial charge in [0.15, 0.2) is 0 Å². The lowest BCUT2D eigenvalue weighted by molar-refractivity contribution is 0.262. The molecule has 0 heteroatoms. The van der Waals surface area contributed by atoms with E-state index in [0.717, 1.165) is 0 Å². The summed E-state index contributed by atoms with van der Waals surface area (Å²) >= 11 is 0. The van der Waals surface area contributed by atoms with Crippen LogP contribution in [0, 0.1) is 10.8 Å². The van der Waals surface area contributed by atoms with E-state index in [-0.39, 0.29) is 0 Å². The summed E-state index contributed by atoms with van der Waals surface area (Å²) in [5.74, 6) is 0. The standard InChI is InChI=1S/C11H22/c1-7-8-11(5,6)9-10(2,3)4/h7-8H,9H2,1-6H3. The van der Waals surface area contributed by atoms with Crippen LogP contribution in [0.3, 0.4) is 0 Å². The largest absolute Gasteiger partial charge is 0.0911 e. The Kier molecular flexibility index (Phi) is 3.34. The average molecular weight is 154 g/mol. The molecule has 0 aliphatic heterocycles. The zero-order valence-electron chi connectivity index (χ0n) is 8.86. The predicted octanol–water partition coefficient (Wildman–Crippen LogP) is 4.02. The molecule has 0 aliphatic carbocycles. The molecule has 0 spiro atoms. The van der Waals surface area contributed by atoms with E-state index >= 15 is 0 Å². The second kappa shape index (κ2) is 3.42. The Morgan fingerprint density at radius 3 is 1.73 bits per heavy atom. The molecule has 0 amide bonds. The van der Waals surface area contributed by atoms with Gasteiger partial charge in [0.25, 0.3) is 0 Å². The Balaban J connectivity index is 4.13. The van der Waals surface area contributed by atoms with Gasteiger partial charge in [0, 0.05) is 0 Å². The third-order valence-corrected chi connectivity index (χ3v) is 1.60. The molecule has 0 heterocycles. The molecule has 0 aromatic carbocycles. The Hall–Kier alpha value is -0.260. The van der Waals surface area contributed by atoms with Crippen molar-refractivity contribution < 1.29 is 0 Å². The van der Waals surface area contributed by atoms with E-state index in [9.17, 15) is 0 Å². The van der Waals surface area contributed by atoms with E-state index in [4.69, 9.17) is 0 Å². The van der Waals surface area contributed by atoms with E-state index < -0.39 is 0 Å². The van der Waals surface area contributed by atoms with Crippen LogP contribution in [0.15, 0.2) is 12.2 Å².